The standard InChI is InChI=1S/C16H24FNO/c1-5-8-18-11-14(12(2)3)9-13-6-7-16(19-4)15(17)10-13/h6-7,9-10,12,18H,5,8,11H2,1-4H3. The first-order chi connectivity index (χ1) is 9.08. The molecule has 0 aliphatic rings. The Morgan fingerprint density at radius 1 is 1.42 bits per heavy atom. The molecular formula is C16H24FNO. The van der Waals surface area contributed by atoms with E-state index in [1.54, 1.807) is 6.07 Å². The van der Waals surface area contributed by atoms with Gasteiger partial charge in [-0.3, -0.25) is 0 Å². The molecule has 3 heteroatoms. The molecule has 0 saturated heterocycles. The van der Waals surface area contributed by atoms with Crippen molar-refractivity contribution < 1.29 is 9.13 Å². The summed E-state index contributed by atoms with van der Waals surface area (Å²) in [4.78, 5) is 0. The molecule has 0 aromatic heterocycles. The van der Waals surface area contributed by atoms with Gasteiger partial charge in [-0.15, -0.1) is 0 Å². The maximum absolute atomic E-state index is 13.6. The zero-order valence-corrected chi connectivity index (χ0v) is 12.3. The summed E-state index contributed by atoms with van der Waals surface area (Å²) in [5.74, 6) is 0.405. The molecule has 1 N–H and O–H groups in total. The molecule has 0 unspecified atom stereocenters. The number of benzene rings is 1. The number of rotatable bonds is 7. The normalized spacial score (nSPS) is 12.0. The smallest absolute Gasteiger partial charge is 0.165 e. The number of hydrogen-bond donors (Lipinski definition) is 1. The van der Waals surface area contributed by atoms with Crippen LogP contribution in [0.2, 0.25) is 0 Å². The quantitative estimate of drug-likeness (QED) is 0.756. The summed E-state index contributed by atoms with van der Waals surface area (Å²) in [7, 11) is 1.47. The first kappa shape index (κ1) is 15.7. The van der Waals surface area contributed by atoms with Crippen molar-refractivity contribution in [3.05, 3.63) is 35.2 Å². The third-order valence-electron chi connectivity index (χ3n) is 3.03. The van der Waals surface area contributed by atoms with Crippen LogP contribution in [0.3, 0.4) is 0 Å². The van der Waals surface area contributed by atoms with Crippen molar-refractivity contribution in [2.75, 3.05) is 20.2 Å². The van der Waals surface area contributed by atoms with Gasteiger partial charge < -0.3 is 10.1 Å². The fourth-order valence-electron chi connectivity index (χ4n) is 1.82. The van der Waals surface area contributed by atoms with Gasteiger partial charge in [-0.05, 0) is 36.6 Å². The van der Waals surface area contributed by atoms with Gasteiger partial charge in [-0.2, -0.15) is 0 Å². The molecule has 0 spiro atoms. The Kier molecular flexibility index (Phi) is 6.57. The van der Waals surface area contributed by atoms with Crippen LogP contribution < -0.4 is 10.1 Å². The summed E-state index contributed by atoms with van der Waals surface area (Å²) in [6.07, 6.45) is 3.17. The van der Waals surface area contributed by atoms with Crippen LogP contribution in [0.25, 0.3) is 6.08 Å². The van der Waals surface area contributed by atoms with Gasteiger partial charge in [0.15, 0.2) is 11.6 Å². The summed E-state index contributed by atoms with van der Waals surface area (Å²) < 4.78 is 18.6. The van der Waals surface area contributed by atoms with E-state index in [1.165, 1.54) is 18.7 Å². The first-order valence-corrected chi connectivity index (χ1v) is 6.83. The molecule has 0 heterocycles. The summed E-state index contributed by atoms with van der Waals surface area (Å²) in [6.45, 7) is 8.30. The lowest BCUT2D eigenvalue weighted by molar-refractivity contribution is 0.386. The Morgan fingerprint density at radius 2 is 2.16 bits per heavy atom. The van der Waals surface area contributed by atoms with Gasteiger partial charge in [0.05, 0.1) is 7.11 Å². The van der Waals surface area contributed by atoms with Gasteiger partial charge in [-0.25, -0.2) is 4.39 Å². The van der Waals surface area contributed by atoms with Gasteiger partial charge in [0.2, 0.25) is 0 Å². The van der Waals surface area contributed by atoms with Crippen molar-refractivity contribution in [1.82, 2.24) is 5.32 Å². The minimum absolute atomic E-state index is 0.285. The molecule has 0 aliphatic carbocycles. The summed E-state index contributed by atoms with van der Waals surface area (Å²) >= 11 is 0. The van der Waals surface area contributed by atoms with Crippen LogP contribution in [0.4, 0.5) is 4.39 Å². The van der Waals surface area contributed by atoms with Crippen LogP contribution in [-0.4, -0.2) is 20.2 Å². The molecule has 106 valence electrons. The van der Waals surface area contributed by atoms with Crippen LogP contribution in [0, 0.1) is 11.7 Å². The lowest BCUT2D eigenvalue weighted by atomic mass is 10.00. The molecule has 0 atom stereocenters. The van der Waals surface area contributed by atoms with Crippen molar-refractivity contribution in [2.24, 2.45) is 5.92 Å². The molecule has 0 radical (unpaired) electrons. The molecule has 0 fully saturated rings. The molecule has 0 aliphatic heterocycles. The Hall–Kier alpha value is -1.35. The van der Waals surface area contributed by atoms with E-state index in [0.29, 0.717) is 5.92 Å². The van der Waals surface area contributed by atoms with E-state index in [1.807, 2.05) is 6.07 Å². The monoisotopic (exact) mass is 265 g/mol. The summed E-state index contributed by atoms with van der Waals surface area (Å²) in [5, 5.41) is 3.39. The predicted molar refractivity (Wildman–Crippen MR) is 78.9 cm³/mol. The second-order valence-corrected chi connectivity index (χ2v) is 4.94. The molecule has 1 aromatic rings. The van der Waals surface area contributed by atoms with Crippen LogP contribution in [0.1, 0.15) is 32.8 Å². The van der Waals surface area contributed by atoms with Crippen molar-refractivity contribution in [3.8, 4) is 5.75 Å². The van der Waals surface area contributed by atoms with E-state index in [0.717, 1.165) is 25.1 Å². The lowest BCUT2D eigenvalue weighted by Crippen LogP contribution is -2.19. The third-order valence-corrected chi connectivity index (χ3v) is 3.03. The average Bonchev–Trinajstić information content (AvgIpc) is 2.38. The highest BCUT2D eigenvalue weighted by Gasteiger charge is 2.06. The Bertz CT molecular complexity index is 427. The van der Waals surface area contributed by atoms with E-state index in [2.05, 4.69) is 32.2 Å². The van der Waals surface area contributed by atoms with Crippen molar-refractivity contribution >= 4 is 6.08 Å². The number of methoxy groups -OCH3 is 1. The molecule has 0 amide bonds. The van der Waals surface area contributed by atoms with Gasteiger partial charge in [0.25, 0.3) is 0 Å². The Morgan fingerprint density at radius 3 is 2.68 bits per heavy atom. The molecule has 1 aromatic carbocycles. The van der Waals surface area contributed by atoms with Crippen molar-refractivity contribution in [1.29, 1.82) is 0 Å². The number of hydrogen-bond acceptors (Lipinski definition) is 2. The van der Waals surface area contributed by atoms with Gasteiger partial charge >= 0.3 is 0 Å². The summed E-state index contributed by atoms with van der Waals surface area (Å²) in [5.41, 5.74) is 2.15. The van der Waals surface area contributed by atoms with Gasteiger partial charge in [-0.1, -0.05) is 38.5 Å². The second-order valence-electron chi connectivity index (χ2n) is 4.94. The van der Waals surface area contributed by atoms with E-state index in [9.17, 15) is 4.39 Å². The molecular weight excluding hydrogens is 241 g/mol. The third kappa shape index (κ3) is 5.03. The fourth-order valence-corrected chi connectivity index (χ4v) is 1.82. The average molecular weight is 265 g/mol. The van der Waals surface area contributed by atoms with Crippen LogP contribution in [-0.2, 0) is 0 Å². The molecule has 0 saturated carbocycles. The SMILES string of the molecule is CCCNCC(=Cc1ccc(OC)c(F)c1)C(C)C. The fraction of sp³-hybridized carbons (Fsp3) is 0.500. The zero-order chi connectivity index (χ0) is 14.3. The molecule has 19 heavy (non-hydrogen) atoms. The topological polar surface area (TPSA) is 21.3 Å². The highest BCUT2D eigenvalue weighted by Crippen LogP contribution is 2.21. The van der Waals surface area contributed by atoms with Gasteiger partial charge in [0.1, 0.15) is 0 Å². The van der Waals surface area contributed by atoms with E-state index >= 15 is 0 Å². The number of ether oxygens (including phenoxy) is 1. The minimum atomic E-state index is -0.319. The molecule has 2 nitrogen and oxygen atoms in total. The Balaban J connectivity index is 2.85. The maximum atomic E-state index is 13.6. The van der Waals surface area contributed by atoms with E-state index in [4.69, 9.17) is 4.74 Å². The Labute approximate surface area is 115 Å². The number of halogens is 1. The van der Waals surface area contributed by atoms with Gasteiger partial charge in [0, 0.05) is 6.54 Å². The molecule has 1 rings (SSSR count). The lowest BCUT2D eigenvalue weighted by Gasteiger charge is -2.13. The number of nitrogens with one attached hydrogen (secondary N) is 1. The maximum Gasteiger partial charge on any atom is 0.165 e. The zero-order valence-electron chi connectivity index (χ0n) is 12.3. The van der Waals surface area contributed by atoms with Crippen molar-refractivity contribution in [2.45, 2.75) is 27.2 Å². The van der Waals surface area contributed by atoms with E-state index in [-0.39, 0.29) is 11.6 Å². The van der Waals surface area contributed by atoms with E-state index < -0.39 is 0 Å². The van der Waals surface area contributed by atoms with Crippen molar-refractivity contribution in [3.63, 3.8) is 0 Å². The predicted octanol–water partition coefficient (Wildman–Crippen LogP) is 3.87. The van der Waals surface area contributed by atoms with Crippen LogP contribution in [0.15, 0.2) is 23.8 Å². The minimum Gasteiger partial charge on any atom is -0.494 e. The second kappa shape index (κ2) is 7.95. The van der Waals surface area contributed by atoms with Crippen LogP contribution >= 0.6 is 0 Å². The first-order valence-electron chi connectivity index (χ1n) is 6.83. The van der Waals surface area contributed by atoms with Crippen LogP contribution in [0.5, 0.6) is 5.75 Å². The molecule has 0 bridgehead atoms. The largest absolute Gasteiger partial charge is 0.494 e. The summed E-state index contributed by atoms with van der Waals surface area (Å²) in [6, 6.07) is 5.06. The highest BCUT2D eigenvalue weighted by atomic mass is 19.1. The highest BCUT2D eigenvalue weighted by molar-refractivity contribution is 5.55.